The van der Waals surface area contributed by atoms with E-state index in [1.165, 1.54) is 13.0 Å². The molecule has 0 radical (unpaired) electrons. The summed E-state index contributed by atoms with van der Waals surface area (Å²) in [4.78, 5) is 39.3. The number of aliphatic hydroxyl groups is 3. The minimum Gasteiger partial charge on any atom is -0.478 e. The molecular formula is C34H50O7. The van der Waals surface area contributed by atoms with E-state index in [2.05, 4.69) is 20.8 Å². The lowest BCUT2D eigenvalue weighted by Crippen LogP contribution is -2.62. The quantitative estimate of drug-likeness (QED) is 0.330. The van der Waals surface area contributed by atoms with Gasteiger partial charge in [0.2, 0.25) is 0 Å². The van der Waals surface area contributed by atoms with Crippen molar-refractivity contribution < 1.29 is 34.8 Å². The van der Waals surface area contributed by atoms with Gasteiger partial charge in [-0.25, -0.2) is 4.79 Å². The summed E-state index contributed by atoms with van der Waals surface area (Å²) in [6, 6.07) is 0. The van der Waals surface area contributed by atoms with Crippen molar-refractivity contribution in [2.75, 3.05) is 0 Å². The predicted octanol–water partition coefficient (Wildman–Crippen LogP) is 5.01. The molecule has 3 fully saturated rings. The minimum absolute atomic E-state index is 0.0304. The van der Waals surface area contributed by atoms with Gasteiger partial charge in [-0.05, 0) is 86.2 Å². The van der Waals surface area contributed by atoms with E-state index in [9.17, 15) is 34.8 Å². The third-order valence-electron chi connectivity index (χ3n) is 13.4. The molecule has 7 heteroatoms. The fraction of sp³-hybridized carbons (Fsp3) is 0.794. The van der Waals surface area contributed by atoms with Crippen LogP contribution in [-0.2, 0) is 14.4 Å². The van der Waals surface area contributed by atoms with Crippen LogP contribution in [0, 0.1) is 45.3 Å². The number of carbonyl (C=O) groups excluding carboxylic acids is 2. The zero-order valence-electron chi connectivity index (χ0n) is 25.7. The molecule has 5 rings (SSSR count). The monoisotopic (exact) mass is 570 g/mol. The molecule has 0 aromatic carbocycles. The first-order chi connectivity index (χ1) is 19.0. The van der Waals surface area contributed by atoms with Crippen molar-refractivity contribution in [1.82, 2.24) is 0 Å². The molecule has 41 heavy (non-hydrogen) atoms. The van der Waals surface area contributed by atoms with Gasteiger partial charge in [-0.15, -0.1) is 0 Å². The Kier molecular flexibility index (Phi) is 7.56. The number of aliphatic hydroxyl groups excluding tert-OH is 3. The number of rotatable bonds is 6. The van der Waals surface area contributed by atoms with E-state index in [0.717, 1.165) is 25.7 Å². The van der Waals surface area contributed by atoms with E-state index in [4.69, 9.17) is 0 Å². The van der Waals surface area contributed by atoms with E-state index in [1.54, 1.807) is 0 Å². The summed E-state index contributed by atoms with van der Waals surface area (Å²) in [5.41, 5.74) is -1.10. The SMILES string of the molecule is C/C(=C\[C@@H](O)C[C@@H](C)[C@H]1C[C@H](O)[C@@]2(C)C3=C(C(=O)C[C@]12C)[C@@]1(C)CCC(=O)[C@@](C)(C2CCCC2)[C@H]1C[C@H]3O)C(=O)O. The van der Waals surface area contributed by atoms with Crippen molar-refractivity contribution in [3.05, 3.63) is 22.8 Å². The van der Waals surface area contributed by atoms with Crippen molar-refractivity contribution in [2.24, 2.45) is 45.3 Å². The molecule has 10 atom stereocenters. The highest BCUT2D eigenvalue weighted by Gasteiger charge is 2.70. The van der Waals surface area contributed by atoms with Crippen molar-refractivity contribution in [3.8, 4) is 0 Å². The molecule has 5 aliphatic rings. The summed E-state index contributed by atoms with van der Waals surface area (Å²) < 4.78 is 0. The highest BCUT2D eigenvalue weighted by molar-refractivity contribution is 6.01. The van der Waals surface area contributed by atoms with Gasteiger partial charge in [0.15, 0.2) is 5.78 Å². The Morgan fingerprint density at radius 2 is 1.71 bits per heavy atom. The van der Waals surface area contributed by atoms with Crippen molar-refractivity contribution in [3.63, 3.8) is 0 Å². The molecule has 7 nitrogen and oxygen atoms in total. The zero-order chi connectivity index (χ0) is 30.3. The van der Waals surface area contributed by atoms with Crippen LogP contribution in [0.5, 0.6) is 0 Å². The van der Waals surface area contributed by atoms with Crippen LogP contribution >= 0.6 is 0 Å². The molecule has 0 bridgehead atoms. The van der Waals surface area contributed by atoms with Crippen LogP contribution in [0.2, 0.25) is 0 Å². The van der Waals surface area contributed by atoms with Gasteiger partial charge in [0.1, 0.15) is 5.78 Å². The zero-order valence-corrected chi connectivity index (χ0v) is 25.7. The van der Waals surface area contributed by atoms with Crippen molar-refractivity contribution >= 4 is 17.5 Å². The second-order valence-electron chi connectivity index (χ2n) is 15.2. The van der Waals surface area contributed by atoms with E-state index in [-0.39, 0.29) is 47.2 Å². The Morgan fingerprint density at radius 3 is 2.32 bits per heavy atom. The predicted molar refractivity (Wildman–Crippen MR) is 155 cm³/mol. The molecule has 0 heterocycles. The molecule has 228 valence electrons. The highest BCUT2D eigenvalue weighted by Crippen LogP contribution is 2.72. The van der Waals surface area contributed by atoms with Crippen LogP contribution < -0.4 is 0 Å². The second kappa shape index (κ2) is 10.1. The highest BCUT2D eigenvalue weighted by atomic mass is 16.4. The van der Waals surface area contributed by atoms with Gasteiger partial charge in [-0.2, -0.15) is 0 Å². The average Bonchev–Trinajstić information content (AvgIpc) is 3.50. The Labute approximate surface area is 244 Å². The summed E-state index contributed by atoms with van der Waals surface area (Å²) in [5, 5.41) is 43.7. The number of allylic oxidation sites excluding steroid dienone is 1. The first kappa shape index (κ1) is 30.6. The third kappa shape index (κ3) is 4.19. The summed E-state index contributed by atoms with van der Waals surface area (Å²) in [6.45, 7) is 11.8. The van der Waals surface area contributed by atoms with Crippen molar-refractivity contribution in [2.45, 2.75) is 124 Å². The standard InChI is InChI=1S/C34H50O7/c1-18(13-21(35)14-19(2)30(40)41)22-15-27(39)34(6)29-23(36)16-25-31(3,28(29)24(37)17-32(22,34)4)12-11-26(38)33(25,5)20-9-7-8-10-20/h14,18,20-23,25,27,35-36,39H,7-13,15-17H2,1-6H3,(H,40,41)/b19-14+/t18-,21+,22-,23-,25+,27+,31+,32-,33+,34+/m1/s1. The third-order valence-corrected chi connectivity index (χ3v) is 13.4. The van der Waals surface area contributed by atoms with Gasteiger partial charge in [0.05, 0.1) is 18.3 Å². The van der Waals surface area contributed by atoms with Crippen molar-refractivity contribution in [1.29, 1.82) is 0 Å². The first-order valence-electron chi connectivity index (χ1n) is 15.8. The number of Topliss-reactive ketones (excluding diaryl/α,β-unsaturated/α-hetero) is 2. The Bertz CT molecular complexity index is 1200. The van der Waals surface area contributed by atoms with Gasteiger partial charge in [-0.1, -0.05) is 47.5 Å². The number of carboxylic acid groups (broad SMARTS) is 1. The number of hydrogen-bond donors (Lipinski definition) is 4. The van der Waals surface area contributed by atoms with Gasteiger partial charge in [-0.3, -0.25) is 9.59 Å². The van der Waals surface area contributed by atoms with Gasteiger partial charge >= 0.3 is 5.97 Å². The Hall–Kier alpha value is -1.83. The van der Waals surface area contributed by atoms with E-state index in [1.807, 2.05) is 13.8 Å². The molecule has 0 saturated heterocycles. The topological polar surface area (TPSA) is 132 Å². The summed E-state index contributed by atoms with van der Waals surface area (Å²) in [7, 11) is 0. The molecule has 0 spiro atoms. The second-order valence-corrected chi connectivity index (χ2v) is 15.2. The fourth-order valence-electron chi connectivity index (χ4n) is 11.0. The first-order valence-corrected chi connectivity index (χ1v) is 15.8. The van der Waals surface area contributed by atoms with E-state index >= 15 is 0 Å². The summed E-state index contributed by atoms with van der Waals surface area (Å²) in [5.74, 6) is -0.801. The van der Waals surface area contributed by atoms with Gasteiger partial charge < -0.3 is 20.4 Å². The number of ketones is 2. The Balaban J connectivity index is 1.55. The fourth-order valence-corrected chi connectivity index (χ4v) is 11.0. The van der Waals surface area contributed by atoms with E-state index in [0.29, 0.717) is 43.3 Å². The van der Waals surface area contributed by atoms with Crippen LogP contribution in [0.25, 0.3) is 0 Å². The number of aliphatic carboxylic acids is 1. The molecular weight excluding hydrogens is 520 g/mol. The maximum absolute atomic E-state index is 14.4. The lowest BCUT2D eigenvalue weighted by Gasteiger charge is -2.62. The molecule has 0 aromatic rings. The van der Waals surface area contributed by atoms with E-state index < -0.39 is 45.9 Å². The average molecular weight is 571 g/mol. The number of hydrogen-bond acceptors (Lipinski definition) is 6. The molecule has 0 aromatic heterocycles. The van der Waals surface area contributed by atoms with Crippen LogP contribution in [-0.4, -0.2) is 56.3 Å². The number of carboxylic acids is 1. The molecule has 5 aliphatic carbocycles. The normalized spacial score (nSPS) is 44.9. The molecule has 0 amide bonds. The molecule has 0 aliphatic heterocycles. The maximum Gasteiger partial charge on any atom is 0.331 e. The smallest absolute Gasteiger partial charge is 0.331 e. The van der Waals surface area contributed by atoms with Crippen LogP contribution in [0.4, 0.5) is 0 Å². The number of fused-ring (bicyclic) bond motifs is 4. The van der Waals surface area contributed by atoms with Crippen LogP contribution in [0.3, 0.4) is 0 Å². The summed E-state index contributed by atoms with van der Waals surface area (Å²) >= 11 is 0. The Morgan fingerprint density at radius 1 is 1.07 bits per heavy atom. The maximum atomic E-state index is 14.4. The molecule has 4 N–H and O–H groups in total. The molecule has 3 saturated carbocycles. The van der Waals surface area contributed by atoms with Crippen LogP contribution in [0.1, 0.15) is 106 Å². The lowest BCUT2D eigenvalue weighted by atomic mass is 9.41. The minimum atomic E-state index is -1.07. The summed E-state index contributed by atoms with van der Waals surface area (Å²) in [6.07, 6.45) is 5.49. The van der Waals surface area contributed by atoms with Gasteiger partial charge in [0, 0.05) is 40.2 Å². The molecule has 0 unspecified atom stereocenters. The number of carbonyl (C=O) groups is 3. The van der Waals surface area contributed by atoms with Crippen LogP contribution in [0.15, 0.2) is 22.8 Å². The van der Waals surface area contributed by atoms with Gasteiger partial charge in [0.25, 0.3) is 0 Å². The lowest BCUT2D eigenvalue weighted by molar-refractivity contribution is -0.154. The largest absolute Gasteiger partial charge is 0.478 e.